The Balaban J connectivity index is 1.87. The van der Waals surface area contributed by atoms with Gasteiger partial charge in [-0.15, -0.1) is 0 Å². The van der Waals surface area contributed by atoms with Gasteiger partial charge in [0.15, 0.2) is 0 Å². The number of benzene rings is 1. The van der Waals surface area contributed by atoms with Gasteiger partial charge in [0, 0.05) is 37.3 Å². The zero-order valence-corrected chi connectivity index (χ0v) is 16.8. The topological polar surface area (TPSA) is 99.0 Å². The van der Waals surface area contributed by atoms with E-state index in [0.29, 0.717) is 34.4 Å². The molecule has 0 aromatic heterocycles. The van der Waals surface area contributed by atoms with E-state index in [1.807, 2.05) is 6.08 Å². The summed E-state index contributed by atoms with van der Waals surface area (Å²) in [5, 5.41) is 11.6. The maximum atomic E-state index is 12.3. The van der Waals surface area contributed by atoms with Crippen LogP contribution in [0.4, 0.5) is 5.69 Å². The van der Waals surface area contributed by atoms with E-state index in [1.54, 1.807) is 12.1 Å². The number of nitro benzene ring substituents is 1. The summed E-state index contributed by atoms with van der Waals surface area (Å²) in [7, 11) is -2.98. The summed E-state index contributed by atoms with van der Waals surface area (Å²) in [6.45, 7) is 5.70. The van der Waals surface area contributed by atoms with Crippen LogP contribution in [0.2, 0.25) is 0 Å². The third-order valence-electron chi connectivity index (χ3n) is 5.14. The number of allylic oxidation sites excluding steroid dienone is 1. The molecule has 0 saturated heterocycles. The molecule has 0 aliphatic carbocycles. The summed E-state index contributed by atoms with van der Waals surface area (Å²) < 4.78 is 11.4. The van der Waals surface area contributed by atoms with Gasteiger partial charge in [-0.25, -0.2) is 9.59 Å². The van der Waals surface area contributed by atoms with Crippen LogP contribution in [0.3, 0.4) is 0 Å². The fourth-order valence-corrected chi connectivity index (χ4v) is 6.38. The summed E-state index contributed by atoms with van der Waals surface area (Å²) in [5.41, 5.74) is 1.08. The van der Waals surface area contributed by atoms with Gasteiger partial charge in [-0.1, -0.05) is 22.7 Å². The molecule has 0 radical (unpaired) electrons. The van der Waals surface area contributed by atoms with Crippen LogP contribution in [0.15, 0.2) is 51.8 Å². The molecule has 1 spiro atoms. The number of nitrogens with zero attached hydrogens (tertiary/aromatic N) is 2. The van der Waals surface area contributed by atoms with Crippen molar-refractivity contribution in [3.63, 3.8) is 0 Å². The van der Waals surface area contributed by atoms with Crippen LogP contribution >= 0.6 is 10.6 Å². The van der Waals surface area contributed by atoms with Gasteiger partial charge in [0.2, 0.25) is 0 Å². The van der Waals surface area contributed by atoms with Crippen molar-refractivity contribution in [1.82, 2.24) is 4.90 Å². The quantitative estimate of drug-likeness (QED) is 0.548. The Bertz CT molecular complexity index is 990. The molecule has 3 heterocycles. The highest BCUT2D eigenvalue weighted by Crippen LogP contribution is 2.72. The smallest absolute Gasteiger partial charge is 0.331 e. The van der Waals surface area contributed by atoms with Gasteiger partial charge in [-0.05, 0) is 38.0 Å². The van der Waals surface area contributed by atoms with Crippen molar-refractivity contribution in [2.24, 2.45) is 0 Å². The first kappa shape index (κ1) is 19.4. The van der Waals surface area contributed by atoms with E-state index in [-0.39, 0.29) is 5.69 Å². The average Bonchev–Trinajstić information content (AvgIpc) is 2.90. The molecular weight excluding hydrogens is 396 g/mol. The second-order valence-corrected chi connectivity index (χ2v) is 9.38. The number of carbonyl (C=O) groups is 2. The SMILES string of the molecule is CC(C)N1CC=C(C2=Cc3c([N+](=O)[O-])cccc3S23OC(=O)C=CC(=O)O3)CC1. The molecule has 3 aliphatic heterocycles. The Morgan fingerprint density at radius 2 is 1.86 bits per heavy atom. The van der Waals surface area contributed by atoms with Crippen molar-refractivity contribution in [2.45, 2.75) is 31.2 Å². The van der Waals surface area contributed by atoms with Gasteiger partial charge < -0.3 is 8.37 Å². The highest BCUT2D eigenvalue weighted by atomic mass is 32.3. The minimum Gasteiger partial charge on any atom is -0.331 e. The van der Waals surface area contributed by atoms with Crippen molar-refractivity contribution >= 4 is 34.3 Å². The second-order valence-electron chi connectivity index (χ2n) is 7.16. The number of hydrogen-bond acceptors (Lipinski definition) is 7. The highest BCUT2D eigenvalue weighted by molar-refractivity contribution is 8.30. The zero-order valence-electron chi connectivity index (χ0n) is 16.0. The highest BCUT2D eigenvalue weighted by Gasteiger charge is 2.45. The van der Waals surface area contributed by atoms with Gasteiger partial charge >= 0.3 is 11.9 Å². The Kier molecular flexibility index (Phi) is 4.79. The second kappa shape index (κ2) is 7.16. The normalized spacial score (nSPS) is 21.8. The molecule has 0 atom stereocenters. The first-order valence-corrected chi connectivity index (χ1v) is 10.7. The summed E-state index contributed by atoms with van der Waals surface area (Å²) in [6, 6.07) is 4.90. The van der Waals surface area contributed by atoms with Gasteiger partial charge in [-0.3, -0.25) is 15.0 Å². The van der Waals surface area contributed by atoms with E-state index in [2.05, 4.69) is 18.7 Å². The average molecular weight is 416 g/mol. The van der Waals surface area contributed by atoms with Crippen molar-refractivity contribution in [3.05, 3.63) is 62.6 Å². The van der Waals surface area contributed by atoms with Crippen molar-refractivity contribution in [3.8, 4) is 0 Å². The minimum absolute atomic E-state index is 0.117. The molecule has 3 aliphatic rings. The lowest BCUT2D eigenvalue weighted by molar-refractivity contribution is -0.385. The monoisotopic (exact) mass is 416 g/mol. The predicted molar refractivity (Wildman–Crippen MR) is 108 cm³/mol. The van der Waals surface area contributed by atoms with E-state index < -0.39 is 27.5 Å². The van der Waals surface area contributed by atoms with Crippen molar-refractivity contribution in [2.75, 3.05) is 13.1 Å². The molecule has 8 nitrogen and oxygen atoms in total. The molecule has 4 rings (SSSR count). The summed E-state index contributed by atoms with van der Waals surface area (Å²) >= 11 is 0. The Morgan fingerprint density at radius 3 is 2.41 bits per heavy atom. The van der Waals surface area contributed by atoms with E-state index in [1.165, 1.54) is 12.1 Å². The van der Waals surface area contributed by atoms with Crippen molar-refractivity contribution < 1.29 is 22.9 Å². The largest absolute Gasteiger partial charge is 0.354 e. The van der Waals surface area contributed by atoms with E-state index in [9.17, 15) is 19.7 Å². The van der Waals surface area contributed by atoms with Gasteiger partial charge in [0.05, 0.1) is 20.3 Å². The Morgan fingerprint density at radius 1 is 1.17 bits per heavy atom. The molecule has 0 amide bonds. The molecule has 9 heteroatoms. The number of nitro groups is 1. The van der Waals surface area contributed by atoms with Crippen molar-refractivity contribution in [1.29, 1.82) is 0 Å². The molecule has 1 aromatic carbocycles. The van der Waals surface area contributed by atoms with E-state index in [0.717, 1.165) is 24.3 Å². The van der Waals surface area contributed by atoms with Crippen LogP contribution in [0.5, 0.6) is 0 Å². The summed E-state index contributed by atoms with van der Waals surface area (Å²) in [5.74, 6) is -1.42. The lowest BCUT2D eigenvalue weighted by Gasteiger charge is -2.41. The van der Waals surface area contributed by atoms with E-state index in [4.69, 9.17) is 8.37 Å². The molecule has 0 saturated carbocycles. The number of fused-ring (bicyclic) bond motifs is 2. The third kappa shape index (κ3) is 3.26. The number of rotatable bonds is 3. The first-order chi connectivity index (χ1) is 13.8. The van der Waals surface area contributed by atoms with Crippen LogP contribution in [-0.4, -0.2) is 40.9 Å². The molecule has 152 valence electrons. The van der Waals surface area contributed by atoms with Crippen LogP contribution < -0.4 is 0 Å². The third-order valence-corrected chi connectivity index (χ3v) is 7.83. The Labute approximate surface area is 169 Å². The predicted octanol–water partition coefficient (Wildman–Crippen LogP) is 3.64. The lowest BCUT2D eigenvalue weighted by Crippen LogP contribution is -2.35. The van der Waals surface area contributed by atoms with E-state index >= 15 is 0 Å². The zero-order chi connectivity index (χ0) is 20.8. The van der Waals surface area contributed by atoms with Crippen LogP contribution in [0, 0.1) is 10.1 Å². The maximum Gasteiger partial charge on any atom is 0.354 e. The minimum atomic E-state index is -2.98. The molecule has 0 fully saturated rings. The maximum absolute atomic E-state index is 12.3. The van der Waals surface area contributed by atoms with Gasteiger partial charge in [0.25, 0.3) is 5.69 Å². The Hall–Kier alpha value is -2.91. The lowest BCUT2D eigenvalue weighted by atomic mass is 10.0. The molecular formula is C20H20N2O6S. The first-order valence-electron chi connectivity index (χ1n) is 9.22. The summed E-state index contributed by atoms with van der Waals surface area (Å²) in [6.07, 6.45) is 6.36. The number of carbonyl (C=O) groups excluding carboxylic acids is 2. The molecule has 0 bridgehead atoms. The van der Waals surface area contributed by atoms with Crippen LogP contribution in [-0.2, 0) is 18.0 Å². The van der Waals surface area contributed by atoms with Crippen LogP contribution in [0.1, 0.15) is 25.8 Å². The van der Waals surface area contributed by atoms with Crippen LogP contribution in [0.25, 0.3) is 6.08 Å². The van der Waals surface area contributed by atoms with Gasteiger partial charge in [-0.2, -0.15) is 0 Å². The van der Waals surface area contributed by atoms with Gasteiger partial charge in [0.1, 0.15) is 0 Å². The molecule has 0 unspecified atom stereocenters. The fraction of sp³-hybridized carbons (Fsp3) is 0.300. The summed E-state index contributed by atoms with van der Waals surface area (Å²) in [4.78, 5) is 38.8. The number of hydrogen-bond donors (Lipinski definition) is 0. The fourth-order valence-electron chi connectivity index (χ4n) is 3.66. The molecule has 1 aromatic rings. The molecule has 0 N–H and O–H groups in total. The molecule has 29 heavy (non-hydrogen) atoms. The standard InChI is InChI=1S/C20H20N2O6S/c1-13(2)21-10-8-14(9-11-21)18-12-15-16(22(25)26)4-3-5-17(15)29(18)27-19(23)6-7-20(24)28-29/h3-8,12-13H,9-11H2,1-2H3.